The first-order chi connectivity index (χ1) is 9.67. The second kappa shape index (κ2) is 6.62. The molecule has 1 aromatic carbocycles. The molecule has 3 heteroatoms. The van der Waals surface area contributed by atoms with E-state index in [0.717, 1.165) is 24.2 Å². The third kappa shape index (κ3) is 3.05. The predicted molar refractivity (Wildman–Crippen MR) is 80.3 cm³/mol. The summed E-state index contributed by atoms with van der Waals surface area (Å²) in [6.07, 6.45) is 2.75. The van der Waals surface area contributed by atoms with Crippen molar-refractivity contribution in [1.82, 2.24) is 10.3 Å². The molecule has 2 rings (SSSR count). The molecule has 0 amide bonds. The molecular weight excluding hydrogens is 251 g/mol. The van der Waals surface area contributed by atoms with Crippen molar-refractivity contribution in [3.05, 3.63) is 64.7 Å². The second-order valence-electron chi connectivity index (χ2n) is 4.90. The van der Waals surface area contributed by atoms with E-state index >= 15 is 0 Å². The van der Waals surface area contributed by atoms with Crippen LogP contribution in [0.25, 0.3) is 0 Å². The molecule has 0 saturated carbocycles. The first-order valence-electron chi connectivity index (χ1n) is 7.10. The Bertz CT molecular complexity index is 581. The first kappa shape index (κ1) is 14.7. The van der Waals surface area contributed by atoms with Crippen LogP contribution in [-0.2, 0) is 6.42 Å². The summed E-state index contributed by atoms with van der Waals surface area (Å²) in [6.45, 7) is 6.82. The Labute approximate surface area is 120 Å². The molecule has 0 radical (unpaired) electrons. The Hall–Kier alpha value is -1.74. The second-order valence-corrected chi connectivity index (χ2v) is 4.90. The smallest absolute Gasteiger partial charge is 0.126 e. The molecule has 0 saturated heterocycles. The van der Waals surface area contributed by atoms with Crippen molar-refractivity contribution in [2.45, 2.75) is 33.2 Å². The summed E-state index contributed by atoms with van der Waals surface area (Å²) in [5, 5.41) is 3.45. The zero-order valence-corrected chi connectivity index (χ0v) is 12.3. The van der Waals surface area contributed by atoms with E-state index in [4.69, 9.17) is 0 Å². The summed E-state index contributed by atoms with van der Waals surface area (Å²) in [4.78, 5) is 4.54. The Kier molecular flexibility index (Phi) is 4.85. The van der Waals surface area contributed by atoms with Gasteiger partial charge in [0.15, 0.2) is 0 Å². The molecular formula is C17H21FN2. The fourth-order valence-corrected chi connectivity index (χ4v) is 2.43. The minimum absolute atomic E-state index is 0.00968. The van der Waals surface area contributed by atoms with Gasteiger partial charge in [-0.25, -0.2) is 4.39 Å². The molecule has 2 aromatic rings. The van der Waals surface area contributed by atoms with Gasteiger partial charge in [-0.05, 0) is 48.7 Å². The minimum atomic E-state index is -0.166. The van der Waals surface area contributed by atoms with Gasteiger partial charge in [0.05, 0.1) is 11.7 Å². The number of aromatic nitrogens is 1. The molecule has 0 aliphatic heterocycles. The van der Waals surface area contributed by atoms with E-state index in [0.29, 0.717) is 5.56 Å². The maximum Gasteiger partial charge on any atom is 0.126 e. The van der Waals surface area contributed by atoms with Gasteiger partial charge < -0.3 is 5.32 Å². The summed E-state index contributed by atoms with van der Waals surface area (Å²) < 4.78 is 13.5. The van der Waals surface area contributed by atoms with Crippen LogP contribution in [-0.4, -0.2) is 11.5 Å². The third-order valence-electron chi connectivity index (χ3n) is 3.50. The van der Waals surface area contributed by atoms with Crippen molar-refractivity contribution in [3.63, 3.8) is 0 Å². The van der Waals surface area contributed by atoms with Crippen molar-refractivity contribution in [3.8, 4) is 0 Å². The highest BCUT2D eigenvalue weighted by atomic mass is 19.1. The van der Waals surface area contributed by atoms with Crippen LogP contribution in [0, 0.1) is 12.7 Å². The number of aryl methyl sites for hydroxylation is 2. The highest BCUT2D eigenvalue weighted by Gasteiger charge is 2.18. The van der Waals surface area contributed by atoms with Crippen LogP contribution in [0.1, 0.15) is 42.3 Å². The average molecular weight is 272 g/mol. The number of nitrogens with zero attached hydrogens (tertiary/aromatic N) is 1. The number of pyridine rings is 1. The van der Waals surface area contributed by atoms with E-state index in [1.165, 1.54) is 11.6 Å². The topological polar surface area (TPSA) is 24.9 Å². The normalized spacial score (nSPS) is 12.4. The van der Waals surface area contributed by atoms with Crippen LogP contribution in [0.2, 0.25) is 0 Å². The Morgan fingerprint density at radius 1 is 1.25 bits per heavy atom. The number of hydrogen-bond acceptors (Lipinski definition) is 2. The maximum absolute atomic E-state index is 13.5. The number of nitrogens with one attached hydrogen (secondary N) is 1. The Morgan fingerprint density at radius 2 is 2.05 bits per heavy atom. The molecule has 1 aromatic heterocycles. The van der Waals surface area contributed by atoms with E-state index in [2.05, 4.69) is 30.2 Å². The van der Waals surface area contributed by atoms with E-state index in [9.17, 15) is 4.39 Å². The van der Waals surface area contributed by atoms with Gasteiger partial charge in [0.1, 0.15) is 5.82 Å². The van der Waals surface area contributed by atoms with Crippen LogP contribution in [0.4, 0.5) is 4.39 Å². The monoisotopic (exact) mass is 272 g/mol. The highest BCUT2D eigenvalue weighted by Crippen LogP contribution is 2.25. The van der Waals surface area contributed by atoms with Crippen molar-refractivity contribution in [2.75, 3.05) is 6.54 Å². The molecule has 0 aliphatic rings. The lowest BCUT2D eigenvalue weighted by Gasteiger charge is -2.21. The lowest BCUT2D eigenvalue weighted by atomic mass is 9.97. The van der Waals surface area contributed by atoms with E-state index in [-0.39, 0.29) is 11.9 Å². The van der Waals surface area contributed by atoms with E-state index in [1.807, 2.05) is 24.4 Å². The van der Waals surface area contributed by atoms with Gasteiger partial charge in [-0.1, -0.05) is 32.0 Å². The highest BCUT2D eigenvalue weighted by molar-refractivity contribution is 5.35. The van der Waals surface area contributed by atoms with Crippen molar-refractivity contribution < 1.29 is 4.39 Å². The van der Waals surface area contributed by atoms with E-state index < -0.39 is 0 Å². The molecule has 0 bridgehead atoms. The standard InChI is InChI=1S/C17H21FN2/c1-4-13-7-6-10-20-16(13)17(19-5-2)14-8-9-15(18)12(3)11-14/h6-11,17,19H,4-5H2,1-3H3. The van der Waals surface area contributed by atoms with Gasteiger partial charge in [-0.3, -0.25) is 4.98 Å². The minimum Gasteiger partial charge on any atom is -0.305 e. The van der Waals surface area contributed by atoms with Gasteiger partial charge in [-0.15, -0.1) is 0 Å². The summed E-state index contributed by atoms with van der Waals surface area (Å²) in [7, 11) is 0. The van der Waals surface area contributed by atoms with Gasteiger partial charge in [0.2, 0.25) is 0 Å². The SMILES string of the molecule is CCNC(c1ccc(F)c(C)c1)c1ncccc1CC. The summed E-state index contributed by atoms with van der Waals surface area (Å²) in [5.41, 5.74) is 3.97. The van der Waals surface area contributed by atoms with Crippen molar-refractivity contribution in [1.29, 1.82) is 0 Å². The summed E-state index contributed by atoms with van der Waals surface area (Å²) in [5.74, 6) is -0.166. The largest absolute Gasteiger partial charge is 0.305 e. The summed E-state index contributed by atoms with van der Waals surface area (Å²) >= 11 is 0. The molecule has 20 heavy (non-hydrogen) atoms. The molecule has 1 atom stereocenters. The van der Waals surface area contributed by atoms with Gasteiger partial charge in [0.25, 0.3) is 0 Å². The molecule has 106 valence electrons. The fraction of sp³-hybridized carbons (Fsp3) is 0.353. The van der Waals surface area contributed by atoms with Crippen molar-refractivity contribution in [2.24, 2.45) is 0 Å². The molecule has 2 nitrogen and oxygen atoms in total. The lowest BCUT2D eigenvalue weighted by molar-refractivity contribution is 0.596. The molecule has 0 fully saturated rings. The van der Waals surface area contributed by atoms with Crippen LogP contribution < -0.4 is 5.32 Å². The third-order valence-corrected chi connectivity index (χ3v) is 3.50. The number of halogens is 1. The van der Waals surface area contributed by atoms with Crippen LogP contribution in [0.3, 0.4) is 0 Å². The zero-order valence-electron chi connectivity index (χ0n) is 12.3. The zero-order chi connectivity index (χ0) is 14.5. The number of hydrogen-bond donors (Lipinski definition) is 1. The summed E-state index contributed by atoms with van der Waals surface area (Å²) in [6, 6.07) is 9.34. The van der Waals surface area contributed by atoms with Gasteiger partial charge in [0, 0.05) is 6.20 Å². The van der Waals surface area contributed by atoms with Crippen LogP contribution >= 0.6 is 0 Å². The molecule has 1 unspecified atom stereocenters. The number of benzene rings is 1. The average Bonchev–Trinajstić information content (AvgIpc) is 2.48. The van der Waals surface area contributed by atoms with E-state index in [1.54, 1.807) is 6.92 Å². The predicted octanol–water partition coefficient (Wildman–Crippen LogP) is 3.79. The Balaban J connectivity index is 2.47. The maximum atomic E-state index is 13.5. The molecule has 1 heterocycles. The van der Waals surface area contributed by atoms with Gasteiger partial charge >= 0.3 is 0 Å². The van der Waals surface area contributed by atoms with Crippen molar-refractivity contribution >= 4 is 0 Å². The lowest BCUT2D eigenvalue weighted by Crippen LogP contribution is -2.24. The number of rotatable bonds is 5. The molecule has 0 spiro atoms. The van der Waals surface area contributed by atoms with Gasteiger partial charge in [-0.2, -0.15) is 0 Å². The Morgan fingerprint density at radius 3 is 2.70 bits per heavy atom. The quantitative estimate of drug-likeness (QED) is 0.895. The van der Waals surface area contributed by atoms with Crippen LogP contribution in [0.5, 0.6) is 0 Å². The van der Waals surface area contributed by atoms with Crippen LogP contribution in [0.15, 0.2) is 36.5 Å². The molecule has 1 N–H and O–H groups in total. The fourth-order valence-electron chi connectivity index (χ4n) is 2.43. The molecule has 0 aliphatic carbocycles. The first-order valence-corrected chi connectivity index (χ1v) is 7.10.